The van der Waals surface area contributed by atoms with Crippen LogP contribution in [0.25, 0.3) is 6.08 Å². The molecule has 1 atom stereocenters. The average Bonchev–Trinajstić information content (AvgIpc) is 2.46. The number of benzene rings is 2. The minimum atomic E-state index is -0.232. The Morgan fingerprint density at radius 2 is 1.74 bits per heavy atom. The number of ether oxygens (including phenoxy) is 1. The molecule has 0 bridgehead atoms. The van der Waals surface area contributed by atoms with Gasteiger partial charge in [0, 0.05) is 6.42 Å². The van der Waals surface area contributed by atoms with Crippen LogP contribution >= 0.6 is 0 Å². The van der Waals surface area contributed by atoms with Gasteiger partial charge < -0.3 is 4.74 Å². The quantitative estimate of drug-likeness (QED) is 0.763. The van der Waals surface area contributed by atoms with E-state index in [4.69, 9.17) is 4.74 Å². The SMILES string of the molecule is O=C1O[C@H](/C=C/c2ccccc2)Cc2ccccc21. The Morgan fingerprint density at radius 1 is 1.00 bits per heavy atom. The normalized spacial score (nSPS) is 18.1. The second kappa shape index (κ2) is 5.11. The highest BCUT2D eigenvalue weighted by molar-refractivity contribution is 5.92. The van der Waals surface area contributed by atoms with E-state index in [1.165, 1.54) is 0 Å². The van der Waals surface area contributed by atoms with Crippen molar-refractivity contribution >= 4 is 12.0 Å². The molecule has 0 radical (unpaired) electrons. The van der Waals surface area contributed by atoms with Crippen LogP contribution in [0, 0.1) is 0 Å². The van der Waals surface area contributed by atoms with Gasteiger partial charge in [-0.2, -0.15) is 0 Å². The lowest BCUT2D eigenvalue weighted by molar-refractivity contribution is 0.0359. The summed E-state index contributed by atoms with van der Waals surface area (Å²) in [7, 11) is 0. The highest BCUT2D eigenvalue weighted by atomic mass is 16.5. The van der Waals surface area contributed by atoms with Crippen molar-refractivity contribution in [3.63, 3.8) is 0 Å². The van der Waals surface area contributed by atoms with Crippen molar-refractivity contribution in [1.29, 1.82) is 0 Å². The van der Waals surface area contributed by atoms with Crippen molar-refractivity contribution in [1.82, 2.24) is 0 Å². The molecule has 19 heavy (non-hydrogen) atoms. The molecule has 0 aromatic heterocycles. The summed E-state index contributed by atoms with van der Waals surface area (Å²) in [6.07, 6.45) is 4.50. The first-order valence-corrected chi connectivity index (χ1v) is 6.35. The topological polar surface area (TPSA) is 26.3 Å². The Morgan fingerprint density at radius 3 is 2.58 bits per heavy atom. The Balaban J connectivity index is 1.79. The average molecular weight is 250 g/mol. The molecule has 1 heterocycles. The van der Waals surface area contributed by atoms with Gasteiger partial charge >= 0.3 is 5.97 Å². The van der Waals surface area contributed by atoms with Gasteiger partial charge in [-0.05, 0) is 23.3 Å². The van der Waals surface area contributed by atoms with E-state index in [0.717, 1.165) is 17.5 Å². The number of fused-ring (bicyclic) bond motifs is 1. The van der Waals surface area contributed by atoms with Crippen LogP contribution in [0.1, 0.15) is 21.5 Å². The van der Waals surface area contributed by atoms with Gasteiger partial charge in [-0.1, -0.05) is 54.6 Å². The zero-order chi connectivity index (χ0) is 13.1. The molecule has 0 saturated carbocycles. The third kappa shape index (κ3) is 2.58. The number of rotatable bonds is 2. The van der Waals surface area contributed by atoms with E-state index >= 15 is 0 Å². The maximum atomic E-state index is 11.9. The molecule has 2 aromatic carbocycles. The largest absolute Gasteiger partial charge is 0.454 e. The molecule has 1 aliphatic rings. The molecule has 2 nitrogen and oxygen atoms in total. The number of esters is 1. The van der Waals surface area contributed by atoms with Crippen molar-refractivity contribution in [3.05, 3.63) is 77.4 Å². The maximum absolute atomic E-state index is 11.9. The molecule has 2 heteroatoms. The van der Waals surface area contributed by atoms with E-state index in [9.17, 15) is 4.79 Å². The summed E-state index contributed by atoms with van der Waals surface area (Å²) in [6, 6.07) is 17.6. The number of hydrogen-bond acceptors (Lipinski definition) is 2. The standard InChI is InChI=1S/C17H14O2/c18-17-16-9-5-4-8-14(16)12-15(19-17)11-10-13-6-2-1-3-7-13/h1-11,15H,12H2/b11-10+/t15-/m1/s1. The van der Waals surface area contributed by atoms with E-state index in [2.05, 4.69) is 0 Å². The van der Waals surface area contributed by atoms with Crippen LogP contribution in [-0.2, 0) is 11.2 Å². The molecular weight excluding hydrogens is 236 g/mol. The summed E-state index contributed by atoms with van der Waals surface area (Å²) in [4.78, 5) is 11.9. The van der Waals surface area contributed by atoms with Gasteiger partial charge in [0.2, 0.25) is 0 Å². The first kappa shape index (κ1) is 11.7. The van der Waals surface area contributed by atoms with E-state index < -0.39 is 0 Å². The molecule has 94 valence electrons. The van der Waals surface area contributed by atoms with E-state index in [1.807, 2.05) is 66.7 Å². The zero-order valence-electron chi connectivity index (χ0n) is 10.5. The van der Waals surface area contributed by atoms with E-state index in [-0.39, 0.29) is 12.1 Å². The van der Waals surface area contributed by atoms with Crippen LogP contribution in [0.2, 0.25) is 0 Å². The van der Waals surface area contributed by atoms with Gasteiger partial charge in [-0.15, -0.1) is 0 Å². The second-order valence-corrected chi connectivity index (χ2v) is 4.57. The van der Waals surface area contributed by atoms with Crippen LogP contribution in [0.3, 0.4) is 0 Å². The fraction of sp³-hybridized carbons (Fsp3) is 0.118. The Hall–Kier alpha value is -2.35. The molecule has 2 aromatic rings. The summed E-state index contributed by atoms with van der Waals surface area (Å²) in [5.41, 5.74) is 2.85. The lowest BCUT2D eigenvalue weighted by atomic mass is 9.98. The fourth-order valence-electron chi connectivity index (χ4n) is 2.25. The van der Waals surface area contributed by atoms with Gasteiger partial charge in [-0.25, -0.2) is 4.79 Å². The van der Waals surface area contributed by atoms with Gasteiger partial charge in [-0.3, -0.25) is 0 Å². The lowest BCUT2D eigenvalue weighted by Crippen LogP contribution is -2.25. The molecule has 0 N–H and O–H groups in total. The molecule has 1 aliphatic heterocycles. The van der Waals surface area contributed by atoms with E-state index in [0.29, 0.717) is 5.56 Å². The Bertz CT molecular complexity index is 614. The monoisotopic (exact) mass is 250 g/mol. The lowest BCUT2D eigenvalue weighted by Gasteiger charge is -2.22. The maximum Gasteiger partial charge on any atom is 0.339 e. The molecule has 3 rings (SSSR count). The summed E-state index contributed by atoms with van der Waals surface area (Å²) in [6.45, 7) is 0. The van der Waals surface area contributed by atoms with Crippen LogP contribution in [0.15, 0.2) is 60.7 Å². The molecule has 0 unspecified atom stereocenters. The van der Waals surface area contributed by atoms with Crippen molar-refractivity contribution in [3.8, 4) is 0 Å². The fourth-order valence-corrected chi connectivity index (χ4v) is 2.25. The van der Waals surface area contributed by atoms with Crippen LogP contribution in [0.4, 0.5) is 0 Å². The number of hydrogen-bond donors (Lipinski definition) is 0. The highest BCUT2D eigenvalue weighted by Crippen LogP contribution is 2.21. The summed E-state index contributed by atoms with van der Waals surface area (Å²) in [5, 5.41) is 0. The van der Waals surface area contributed by atoms with Gasteiger partial charge in [0.25, 0.3) is 0 Å². The predicted molar refractivity (Wildman–Crippen MR) is 74.8 cm³/mol. The first-order valence-electron chi connectivity index (χ1n) is 6.35. The Kier molecular flexibility index (Phi) is 3.15. The summed E-state index contributed by atoms with van der Waals surface area (Å²) < 4.78 is 5.41. The summed E-state index contributed by atoms with van der Waals surface area (Å²) in [5.74, 6) is -0.232. The number of cyclic esters (lactones) is 1. The van der Waals surface area contributed by atoms with Crippen molar-refractivity contribution in [2.75, 3.05) is 0 Å². The molecular formula is C17H14O2. The zero-order valence-corrected chi connectivity index (χ0v) is 10.5. The van der Waals surface area contributed by atoms with Crippen molar-refractivity contribution in [2.24, 2.45) is 0 Å². The number of carbonyl (C=O) groups excluding carboxylic acids is 1. The summed E-state index contributed by atoms with van der Waals surface area (Å²) >= 11 is 0. The predicted octanol–water partition coefficient (Wildman–Crippen LogP) is 3.48. The molecule has 0 amide bonds. The van der Waals surface area contributed by atoms with Crippen LogP contribution in [-0.4, -0.2) is 12.1 Å². The van der Waals surface area contributed by atoms with Gasteiger partial charge in [0.1, 0.15) is 6.10 Å². The van der Waals surface area contributed by atoms with Crippen molar-refractivity contribution in [2.45, 2.75) is 12.5 Å². The van der Waals surface area contributed by atoms with Gasteiger partial charge in [0.15, 0.2) is 0 Å². The highest BCUT2D eigenvalue weighted by Gasteiger charge is 2.23. The molecule has 0 saturated heterocycles. The van der Waals surface area contributed by atoms with Crippen molar-refractivity contribution < 1.29 is 9.53 Å². The number of carbonyl (C=O) groups is 1. The smallest absolute Gasteiger partial charge is 0.339 e. The second-order valence-electron chi connectivity index (χ2n) is 4.57. The minimum absolute atomic E-state index is 0.178. The first-order chi connectivity index (χ1) is 9.33. The van der Waals surface area contributed by atoms with Crippen LogP contribution < -0.4 is 0 Å². The molecule has 0 spiro atoms. The van der Waals surface area contributed by atoms with E-state index in [1.54, 1.807) is 0 Å². The van der Waals surface area contributed by atoms with Gasteiger partial charge in [0.05, 0.1) is 5.56 Å². The van der Waals surface area contributed by atoms with Crippen LogP contribution in [0.5, 0.6) is 0 Å². The third-order valence-corrected chi connectivity index (χ3v) is 3.22. The Labute approximate surface area is 112 Å². The third-order valence-electron chi connectivity index (χ3n) is 3.22. The minimum Gasteiger partial charge on any atom is -0.454 e. The molecule has 0 aliphatic carbocycles. The molecule has 0 fully saturated rings.